The fourth-order valence-corrected chi connectivity index (χ4v) is 9.23. The highest BCUT2D eigenvalue weighted by Crippen LogP contribution is 2.41. The molecular weight excluding hydrogens is 805 g/mol. The SMILES string of the molecule is CC(=O)Nc1ncc2ccc(CC[C@H]3C[C@@H](n4ccc5c(N)ncnc54)[C@H](O)[C@@H]3O)cc2n1.Nc1ncc2ccc(CC[C@H]3C[C@@H](n4ccc5c(N)ncnc54)[C@H](O)[C@@H]3O)cc2n1. The van der Waals surface area contributed by atoms with Crippen LogP contribution in [0, 0.1) is 11.8 Å². The Balaban J connectivity index is 0.000000161. The molecule has 11 N–H and O–H groups in total. The van der Waals surface area contributed by atoms with Crippen molar-refractivity contribution in [1.29, 1.82) is 0 Å². The van der Waals surface area contributed by atoms with Gasteiger partial charge in [-0.15, -0.1) is 0 Å². The maximum absolute atomic E-state index is 11.3. The summed E-state index contributed by atoms with van der Waals surface area (Å²) < 4.78 is 3.79. The number of nitrogen functional groups attached to an aromatic ring is 3. The molecule has 63 heavy (non-hydrogen) atoms. The van der Waals surface area contributed by atoms with Crippen LogP contribution >= 0.6 is 0 Å². The summed E-state index contributed by atoms with van der Waals surface area (Å²) in [5.41, 5.74) is 22.6. The van der Waals surface area contributed by atoms with Crippen LogP contribution in [0.5, 0.6) is 0 Å². The average molecular weight is 853 g/mol. The molecule has 6 aromatic heterocycles. The van der Waals surface area contributed by atoms with Gasteiger partial charge in [-0.1, -0.05) is 24.3 Å². The zero-order valence-corrected chi connectivity index (χ0v) is 34.3. The number of aromatic nitrogens is 10. The number of aliphatic hydroxyl groups is 4. The lowest BCUT2D eigenvalue weighted by atomic mass is 9.95. The van der Waals surface area contributed by atoms with Crippen molar-refractivity contribution in [2.24, 2.45) is 11.8 Å². The third-order valence-electron chi connectivity index (χ3n) is 12.5. The van der Waals surface area contributed by atoms with E-state index in [4.69, 9.17) is 17.2 Å². The molecule has 19 nitrogen and oxygen atoms in total. The Labute approximate surface area is 360 Å². The number of nitrogens with one attached hydrogen (secondary N) is 1. The number of benzene rings is 2. The zero-order valence-electron chi connectivity index (χ0n) is 34.3. The topological polar surface area (TPSA) is 301 Å². The summed E-state index contributed by atoms with van der Waals surface area (Å²) in [6.07, 6.45) is 10.7. The molecule has 0 spiro atoms. The molecule has 19 heteroatoms. The van der Waals surface area contributed by atoms with Crippen LogP contribution in [0.15, 0.2) is 86.0 Å². The molecule has 2 aliphatic rings. The summed E-state index contributed by atoms with van der Waals surface area (Å²) in [5.74, 6) is 0.992. The largest absolute Gasteiger partial charge is 0.390 e. The van der Waals surface area contributed by atoms with Gasteiger partial charge >= 0.3 is 0 Å². The number of rotatable bonds is 9. The van der Waals surface area contributed by atoms with Crippen molar-refractivity contribution >= 4 is 73.3 Å². The molecule has 2 aromatic carbocycles. The molecular formula is C44H48N14O5. The Bertz CT molecular complexity index is 2960. The lowest BCUT2D eigenvalue weighted by molar-refractivity contribution is -0.114. The number of aliphatic hydroxyl groups excluding tert-OH is 4. The van der Waals surface area contributed by atoms with Gasteiger partial charge in [0.1, 0.15) is 47.8 Å². The average Bonchev–Trinajstić information content (AvgIpc) is 4.04. The van der Waals surface area contributed by atoms with Crippen LogP contribution in [0.4, 0.5) is 23.5 Å². The summed E-state index contributed by atoms with van der Waals surface area (Å²) in [6, 6.07) is 15.1. The number of amides is 1. The van der Waals surface area contributed by atoms with E-state index in [1.54, 1.807) is 12.4 Å². The van der Waals surface area contributed by atoms with Gasteiger partial charge in [0.15, 0.2) is 0 Å². The van der Waals surface area contributed by atoms with Crippen molar-refractivity contribution in [2.75, 3.05) is 22.5 Å². The first-order valence-corrected chi connectivity index (χ1v) is 20.8. The molecule has 0 saturated heterocycles. The van der Waals surface area contributed by atoms with Gasteiger partial charge in [0.05, 0.1) is 46.1 Å². The predicted molar refractivity (Wildman–Crippen MR) is 237 cm³/mol. The minimum atomic E-state index is -0.897. The van der Waals surface area contributed by atoms with Crippen LogP contribution in [-0.2, 0) is 17.6 Å². The number of carbonyl (C=O) groups is 1. The minimum Gasteiger partial charge on any atom is -0.390 e. The minimum absolute atomic E-state index is 0.0344. The second-order valence-electron chi connectivity index (χ2n) is 16.5. The standard InChI is InChI=1S/C23H25N7O3.C21H23N7O2/c1-12(31)28-23-25-10-15-5-3-13(8-17(15)29-23)2-4-14-9-18(20(33)19(14)32)30-7-6-16-21(24)26-11-27-22(16)30;22-19-14-5-6-28(20(14)26-10-25-19)16-8-12(17(29)18(16)30)3-1-11-2-4-13-9-24-21(23)27-15(13)7-11/h3,5-8,10-11,14,18-20,32-33H,2,4,9H2,1H3,(H2,24,26,27)(H,25,28,29,31);2,4-7,9-10,12,16-18,29-30H,1,3,8H2,(H2,22,25,26)(H2,23,24,27)/t14-,18+,19+,20-;12-,16+,17+,18-/m00/s1. The van der Waals surface area contributed by atoms with Gasteiger partial charge in [-0.25, -0.2) is 39.9 Å². The van der Waals surface area contributed by atoms with Gasteiger partial charge in [0, 0.05) is 42.5 Å². The molecule has 0 radical (unpaired) electrons. The molecule has 2 fully saturated rings. The van der Waals surface area contributed by atoms with Gasteiger partial charge < -0.3 is 46.8 Å². The Morgan fingerprint density at radius 2 is 1.14 bits per heavy atom. The Kier molecular flexibility index (Phi) is 11.2. The number of anilines is 4. The Hall–Kier alpha value is -6.93. The van der Waals surface area contributed by atoms with Crippen molar-refractivity contribution < 1.29 is 25.2 Å². The summed E-state index contributed by atoms with van der Waals surface area (Å²) in [5, 5.41) is 48.8. The molecule has 0 unspecified atom stereocenters. The van der Waals surface area contributed by atoms with E-state index in [9.17, 15) is 25.2 Å². The van der Waals surface area contributed by atoms with Crippen molar-refractivity contribution in [1.82, 2.24) is 49.0 Å². The van der Waals surface area contributed by atoms with Crippen LogP contribution in [0.2, 0.25) is 0 Å². The molecule has 6 heterocycles. The zero-order chi connectivity index (χ0) is 43.9. The Morgan fingerprint density at radius 1 is 0.651 bits per heavy atom. The first kappa shape index (κ1) is 41.4. The molecule has 10 rings (SSSR count). The molecule has 0 aliphatic heterocycles. The second kappa shape index (κ2) is 17.1. The molecule has 8 atom stereocenters. The molecule has 8 aromatic rings. The van der Waals surface area contributed by atoms with Crippen LogP contribution in [-0.4, -0.2) is 99.8 Å². The maximum atomic E-state index is 11.3. The third kappa shape index (κ3) is 8.26. The number of fused-ring (bicyclic) bond motifs is 4. The highest BCUT2D eigenvalue weighted by molar-refractivity contribution is 5.89. The summed E-state index contributed by atoms with van der Waals surface area (Å²) in [4.78, 5) is 44.8. The number of nitrogens with two attached hydrogens (primary N) is 3. The molecule has 324 valence electrons. The maximum Gasteiger partial charge on any atom is 0.229 e. The van der Waals surface area contributed by atoms with E-state index in [0.717, 1.165) is 63.0 Å². The van der Waals surface area contributed by atoms with E-state index < -0.39 is 24.4 Å². The molecule has 1 amide bonds. The van der Waals surface area contributed by atoms with E-state index >= 15 is 0 Å². The van der Waals surface area contributed by atoms with E-state index in [2.05, 4.69) is 45.2 Å². The summed E-state index contributed by atoms with van der Waals surface area (Å²) in [6.45, 7) is 1.41. The number of carbonyl (C=O) groups excluding carboxylic acids is 1. The number of hydrogen-bond acceptors (Lipinski definition) is 16. The quantitative estimate of drug-likeness (QED) is 0.103. The van der Waals surface area contributed by atoms with Crippen LogP contribution in [0.25, 0.3) is 43.9 Å². The van der Waals surface area contributed by atoms with E-state index in [1.165, 1.54) is 19.6 Å². The van der Waals surface area contributed by atoms with Crippen molar-refractivity contribution in [3.05, 3.63) is 97.1 Å². The molecule has 0 bridgehead atoms. The third-order valence-corrected chi connectivity index (χ3v) is 12.5. The normalized spacial score (nSPS) is 23.4. The summed E-state index contributed by atoms with van der Waals surface area (Å²) in [7, 11) is 0. The monoisotopic (exact) mass is 852 g/mol. The molecule has 2 aliphatic carbocycles. The van der Waals surface area contributed by atoms with Gasteiger partial charge in [-0.2, -0.15) is 0 Å². The van der Waals surface area contributed by atoms with Crippen LogP contribution in [0.3, 0.4) is 0 Å². The van der Waals surface area contributed by atoms with E-state index in [1.807, 2.05) is 70.1 Å². The number of nitrogens with zero attached hydrogens (tertiary/aromatic N) is 10. The highest BCUT2D eigenvalue weighted by Gasteiger charge is 2.43. The number of aryl methyl sites for hydroxylation is 2. The van der Waals surface area contributed by atoms with Gasteiger partial charge in [0.2, 0.25) is 17.8 Å². The van der Waals surface area contributed by atoms with Crippen LogP contribution < -0.4 is 22.5 Å². The highest BCUT2D eigenvalue weighted by atomic mass is 16.3. The van der Waals surface area contributed by atoms with E-state index in [0.29, 0.717) is 42.2 Å². The molecule has 2 saturated carbocycles. The van der Waals surface area contributed by atoms with Crippen molar-refractivity contribution in [3.8, 4) is 0 Å². The predicted octanol–water partition coefficient (Wildman–Crippen LogP) is 3.29. The number of hydrogen-bond donors (Lipinski definition) is 8. The van der Waals surface area contributed by atoms with Crippen LogP contribution in [0.1, 0.15) is 55.8 Å². The van der Waals surface area contributed by atoms with Gasteiger partial charge in [0.25, 0.3) is 0 Å². The first-order chi connectivity index (χ1) is 30.4. The second-order valence-corrected chi connectivity index (χ2v) is 16.5. The Morgan fingerprint density at radius 3 is 1.65 bits per heavy atom. The lowest BCUT2D eigenvalue weighted by Crippen LogP contribution is -2.29. The van der Waals surface area contributed by atoms with Gasteiger partial charge in [-0.3, -0.25) is 10.1 Å². The van der Waals surface area contributed by atoms with Crippen molar-refractivity contribution in [3.63, 3.8) is 0 Å². The van der Waals surface area contributed by atoms with Gasteiger partial charge in [-0.05, 0) is 85.8 Å². The first-order valence-electron chi connectivity index (χ1n) is 20.8. The lowest BCUT2D eigenvalue weighted by Gasteiger charge is -2.19. The fraction of sp³-hybridized carbons (Fsp3) is 0.341. The fourth-order valence-electron chi connectivity index (χ4n) is 9.23. The van der Waals surface area contributed by atoms with Crippen molar-refractivity contribution in [2.45, 2.75) is 81.9 Å². The summed E-state index contributed by atoms with van der Waals surface area (Å²) >= 11 is 0. The smallest absolute Gasteiger partial charge is 0.229 e. The van der Waals surface area contributed by atoms with E-state index in [-0.39, 0.29) is 41.7 Å².